The van der Waals surface area contributed by atoms with E-state index in [0.717, 1.165) is 0 Å². The quantitative estimate of drug-likeness (QED) is 0.253. The Morgan fingerprint density at radius 1 is 0.314 bits per heavy atom. The average Bonchev–Trinajstić information content (AvgIpc) is 2.93. The molecule has 0 radical (unpaired) electrons. The van der Waals surface area contributed by atoms with E-state index in [1.807, 2.05) is 0 Å². The van der Waals surface area contributed by atoms with Crippen LogP contribution in [-0.4, -0.2) is 0 Å². The zero-order valence-corrected chi connectivity index (χ0v) is 19.8. The molecule has 0 fully saturated rings. The van der Waals surface area contributed by atoms with Crippen LogP contribution in [-0.2, 0) is 0 Å². The second kappa shape index (κ2) is 9.08. The van der Waals surface area contributed by atoms with Crippen LogP contribution in [0.3, 0.4) is 0 Å². The van der Waals surface area contributed by atoms with Gasteiger partial charge >= 0.3 is 0 Å². The zero-order chi connectivity index (χ0) is 23.6. The van der Waals surface area contributed by atoms with Crippen LogP contribution in [0.4, 0.5) is 0 Å². The highest BCUT2D eigenvalue weighted by atomic mass is 14.3. The first kappa shape index (κ1) is 21.1. The number of aryl methyl sites for hydroxylation is 1. The molecular formula is C35H26. The fraction of sp³-hybridized carbons (Fsp3) is 0.0286. The molecule has 0 heteroatoms. The summed E-state index contributed by atoms with van der Waals surface area (Å²) in [4.78, 5) is 0. The summed E-state index contributed by atoms with van der Waals surface area (Å²) in [6.45, 7) is 2.18. The van der Waals surface area contributed by atoms with Crippen molar-refractivity contribution in [3.8, 4) is 44.5 Å². The van der Waals surface area contributed by atoms with Gasteiger partial charge < -0.3 is 0 Å². The molecule has 0 bridgehead atoms. The number of hydrogen-bond acceptors (Lipinski definition) is 0. The Balaban J connectivity index is 1.91. The number of benzene rings is 6. The summed E-state index contributed by atoms with van der Waals surface area (Å²) in [6.07, 6.45) is 0. The van der Waals surface area contributed by atoms with Crippen molar-refractivity contribution in [2.75, 3.05) is 0 Å². The highest BCUT2D eigenvalue weighted by molar-refractivity contribution is 6.18. The van der Waals surface area contributed by atoms with Crippen molar-refractivity contribution in [2.45, 2.75) is 6.92 Å². The fourth-order valence-corrected chi connectivity index (χ4v) is 5.20. The molecule has 6 aromatic carbocycles. The predicted molar refractivity (Wildman–Crippen MR) is 150 cm³/mol. The van der Waals surface area contributed by atoms with Crippen LogP contribution >= 0.6 is 0 Å². The molecule has 0 heterocycles. The molecule has 0 unspecified atom stereocenters. The van der Waals surface area contributed by atoms with Crippen LogP contribution in [0.1, 0.15) is 5.56 Å². The van der Waals surface area contributed by atoms with Crippen molar-refractivity contribution < 1.29 is 0 Å². The summed E-state index contributed by atoms with van der Waals surface area (Å²) in [6, 6.07) is 50.3. The smallest absolute Gasteiger partial charge is 0.00141 e. The Kier molecular flexibility index (Phi) is 5.48. The molecule has 0 saturated carbocycles. The highest BCUT2D eigenvalue weighted by Crippen LogP contribution is 2.50. The second-order valence-corrected chi connectivity index (χ2v) is 9.01. The van der Waals surface area contributed by atoms with E-state index in [-0.39, 0.29) is 0 Å². The van der Waals surface area contributed by atoms with Gasteiger partial charge in [0.05, 0.1) is 0 Å². The van der Waals surface area contributed by atoms with E-state index in [1.54, 1.807) is 0 Å². The van der Waals surface area contributed by atoms with Crippen molar-refractivity contribution in [3.05, 3.63) is 145 Å². The lowest BCUT2D eigenvalue weighted by atomic mass is 9.78. The molecule has 0 N–H and O–H groups in total. The molecule has 0 saturated heterocycles. The molecule has 0 spiro atoms. The monoisotopic (exact) mass is 446 g/mol. The topological polar surface area (TPSA) is 0 Å². The third-order valence-corrected chi connectivity index (χ3v) is 6.71. The van der Waals surface area contributed by atoms with Crippen molar-refractivity contribution in [1.29, 1.82) is 0 Å². The van der Waals surface area contributed by atoms with Gasteiger partial charge in [0.15, 0.2) is 0 Å². The summed E-state index contributed by atoms with van der Waals surface area (Å²) < 4.78 is 0. The molecule has 35 heavy (non-hydrogen) atoms. The molecule has 0 amide bonds. The minimum absolute atomic E-state index is 1.23. The average molecular weight is 447 g/mol. The van der Waals surface area contributed by atoms with Gasteiger partial charge in [-0.1, -0.05) is 145 Å². The van der Waals surface area contributed by atoms with Gasteiger partial charge in [0.1, 0.15) is 0 Å². The number of rotatable bonds is 4. The van der Waals surface area contributed by atoms with Gasteiger partial charge in [0, 0.05) is 0 Å². The van der Waals surface area contributed by atoms with Gasteiger partial charge in [0.25, 0.3) is 0 Å². The van der Waals surface area contributed by atoms with Crippen LogP contribution in [0.25, 0.3) is 55.3 Å². The van der Waals surface area contributed by atoms with Crippen molar-refractivity contribution >= 4 is 10.8 Å². The molecule has 6 rings (SSSR count). The summed E-state index contributed by atoms with van der Waals surface area (Å²) in [5, 5.41) is 2.56. The lowest BCUT2D eigenvalue weighted by Crippen LogP contribution is -1.97. The van der Waals surface area contributed by atoms with Gasteiger partial charge in [-0.15, -0.1) is 0 Å². The van der Waals surface area contributed by atoms with E-state index in [0.29, 0.717) is 0 Å². The SMILES string of the molecule is Cc1ccc2c(-c3ccccc3)c(-c3ccccc3)c(-c3ccccc3)c(-c3ccccc3)c2c1. The third kappa shape index (κ3) is 3.84. The Morgan fingerprint density at radius 3 is 1.06 bits per heavy atom. The second-order valence-electron chi connectivity index (χ2n) is 9.01. The van der Waals surface area contributed by atoms with Gasteiger partial charge in [-0.25, -0.2) is 0 Å². The number of hydrogen-bond donors (Lipinski definition) is 0. The Labute approximate surface area is 207 Å². The van der Waals surface area contributed by atoms with Crippen LogP contribution < -0.4 is 0 Å². The largest absolute Gasteiger partial charge is 0.0622 e. The zero-order valence-electron chi connectivity index (χ0n) is 19.8. The first-order chi connectivity index (χ1) is 17.3. The van der Waals surface area contributed by atoms with Crippen LogP contribution in [0.5, 0.6) is 0 Å². The van der Waals surface area contributed by atoms with Crippen molar-refractivity contribution in [2.24, 2.45) is 0 Å². The van der Waals surface area contributed by atoms with E-state index in [9.17, 15) is 0 Å². The van der Waals surface area contributed by atoms with E-state index >= 15 is 0 Å². The van der Waals surface area contributed by atoms with E-state index < -0.39 is 0 Å². The van der Waals surface area contributed by atoms with Gasteiger partial charge in [-0.2, -0.15) is 0 Å². The van der Waals surface area contributed by atoms with Gasteiger partial charge in [0.2, 0.25) is 0 Å². The summed E-state index contributed by atoms with van der Waals surface area (Å²) in [5.41, 5.74) is 11.3. The predicted octanol–water partition coefficient (Wildman–Crippen LogP) is 9.82. The van der Waals surface area contributed by atoms with E-state index in [4.69, 9.17) is 0 Å². The maximum absolute atomic E-state index is 2.35. The fourth-order valence-electron chi connectivity index (χ4n) is 5.20. The maximum atomic E-state index is 2.35. The molecule has 0 aliphatic heterocycles. The van der Waals surface area contributed by atoms with Crippen LogP contribution in [0.2, 0.25) is 0 Å². The Bertz CT molecular complexity index is 1600. The molecular weight excluding hydrogens is 420 g/mol. The molecule has 0 atom stereocenters. The lowest BCUT2D eigenvalue weighted by Gasteiger charge is -2.24. The summed E-state index contributed by atoms with van der Waals surface area (Å²) in [7, 11) is 0. The van der Waals surface area contributed by atoms with E-state index in [2.05, 4.69) is 146 Å². The first-order valence-electron chi connectivity index (χ1n) is 12.1. The Morgan fingerprint density at radius 2 is 0.657 bits per heavy atom. The molecule has 0 aromatic heterocycles. The minimum Gasteiger partial charge on any atom is -0.0622 e. The maximum Gasteiger partial charge on any atom is -0.00141 e. The summed E-state index contributed by atoms with van der Waals surface area (Å²) >= 11 is 0. The first-order valence-corrected chi connectivity index (χ1v) is 12.1. The van der Waals surface area contributed by atoms with Crippen LogP contribution in [0, 0.1) is 6.92 Å². The molecule has 6 aromatic rings. The van der Waals surface area contributed by atoms with E-state index in [1.165, 1.54) is 60.8 Å². The summed E-state index contributed by atoms with van der Waals surface area (Å²) in [5.74, 6) is 0. The third-order valence-electron chi connectivity index (χ3n) is 6.71. The highest BCUT2D eigenvalue weighted by Gasteiger charge is 2.23. The number of fused-ring (bicyclic) bond motifs is 1. The Hall–Kier alpha value is -4.42. The molecule has 0 aliphatic carbocycles. The molecule has 0 nitrogen and oxygen atoms in total. The van der Waals surface area contributed by atoms with Gasteiger partial charge in [-0.05, 0) is 62.2 Å². The van der Waals surface area contributed by atoms with Crippen LogP contribution in [0.15, 0.2) is 140 Å². The molecule has 166 valence electrons. The molecule has 0 aliphatic rings. The lowest BCUT2D eigenvalue weighted by molar-refractivity contribution is 1.50. The van der Waals surface area contributed by atoms with Crippen molar-refractivity contribution in [1.82, 2.24) is 0 Å². The standard InChI is InChI=1S/C35H26/c1-25-22-23-30-31(24-25)33(27-16-8-3-9-17-27)35(29-20-12-5-13-21-29)34(28-18-10-4-11-19-28)32(30)26-14-6-2-7-15-26/h2-24H,1H3. The minimum atomic E-state index is 1.23. The normalized spacial score (nSPS) is 11.0. The van der Waals surface area contributed by atoms with Crippen molar-refractivity contribution in [3.63, 3.8) is 0 Å². The van der Waals surface area contributed by atoms with Gasteiger partial charge in [-0.3, -0.25) is 0 Å².